The lowest BCUT2D eigenvalue weighted by atomic mass is 10.1. The van der Waals surface area contributed by atoms with E-state index in [9.17, 15) is 4.79 Å². The highest BCUT2D eigenvalue weighted by Gasteiger charge is 2.22. The molecule has 23 heavy (non-hydrogen) atoms. The second kappa shape index (κ2) is 7.26. The van der Waals surface area contributed by atoms with Crippen LogP contribution in [0.1, 0.15) is 44.3 Å². The molecule has 0 atom stereocenters. The molecule has 0 unspecified atom stereocenters. The maximum absolute atomic E-state index is 11.5. The number of hydrogen-bond acceptors (Lipinski definition) is 4. The maximum atomic E-state index is 11.5. The fourth-order valence-corrected chi connectivity index (χ4v) is 3.04. The zero-order valence-corrected chi connectivity index (χ0v) is 13.4. The molecule has 0 spiro atoms. The Bertz CT molecular complexity index is 648. The minimum absolute atomic E-state index is 0.366. The summed E-state index contributed by atoms with van der Waals surface area (Å²) in [6.45, 7) is 2.52. The van der Waals surface area contributed by atoms with Crippen LogP contribution in [-0.4, -0.2) is 27.5 Å². The van der Waals surface area contributed by atoms with Gasteiger partial charge in [0.15, 0.2) is 0 Å². The Morgan fingerprint density at radius 1 is 1.35 bits per heavy atom. The van der Waals surface area contributed by atoms with Gasteiger partial charge in [0.25, 0.3) is 0 Å². The van der Waals surface area contributed by atoms with Crippen molar-refractivity contribution < 1.29 is 9.53 Å². The molecule has 6 heteroatoms. The summed E-state index contributed by atoms with van der Waals surface area (Å²) in [6, 6.07) is 6.46. The van der Waals surface area contributed by atoms with Crippen molar-refractivity contribution in [3.63, 3.8) is 0 Å². The first-order valence-corrected chi connectivity index (χ1v) is 8.17. The van der Waals surface area contributed by atoms with Gasteiger partial charge in [-0.05, 0) is 38.0 Å². The molecule has 1 aliphatic carbocycles. The molecule has 1 fully saturated rings. The molecule has 2 aromatic heterocycles. The third-order valence-electron chi connectivity index (χ3n) is 4.12. The molecule has 2 aromatic rings. The van der Waals surface area contributed by atoms with E-state index in [1.54, 1.807) is 19.3 Å². The summed E-state index contributed by atoms with van der Waals surface area (Å²) in [5.41, 5.74) is 3.03. The van der Waals surface area contributed by atoms with Crippen molar-refractivity contribution in [1.82, 2.24) is 20.1 Å². The van der Waals surface area contributed by atoms with Gasteiger partial charge < -0.3 is 10.1 Å². The normalized spacial score (nSPS) is 14.8. The van der Waals surface area contributed by atoms with Crippen molar-refractivity contribution in [2.75, 3.05) is 6.61 Å². The van der Waals surface area contributed by atoms with E-state index >= 15 is 0 Å². The summed E-state index contributed by atoms with van der Waals surface area (Å²) >= 11 is 0. The van der Waals surface area contributed by atoms with Crippen molar-refractivity contribution in [2.24, 2.45) is 0 Å². The number of amides is 1. The standard InChI is InChI=1S/C17H22N4O2/c1-2-23-17(22)19-12-14-11-16(13-7-9-18-10-8-13)21(20-14)15-5-3-4-6-15/h7-11,15H,2-6,12H2,1H3,(H,19,22). The minimum atomic E-state index is -0.409. The molecule has 1 aliphatic rings. The third kappa shape index (κ3) is 3.70. The smallest absolute Gasteiger partial charge is 0.407 e. The zero-order chi connectivity index (χ0) is 16.1. The van der Waals surface area contributed by atoms with Gasteiger partial charge >= 0.3 is 6.09 Å². The quantitative estimate of drug-likeness (QED) is 0.919. The molecular weight excluding hydrogens is 292 g/mol. The molecule has 0 aromatic carbocycles. The number of nitrogens with zero attached hydrogens (tertiary/aromatic N) is 3. The highest BCUT2D eigenvalue weighted by molar-refractivity contribution is 5.67. The average molecular weight is 314 g/mol. The molecular formula is C17H22N4O2. The molecule has 1 N–H and O–H groups in total. The van der Waals surface area contributed by atoms with Gasteiger partial charge in [0.1, 0.15) is 0 Å². The highest BCUT2D eigenvalue weighted by Crippen LogP contribution is 2.33. The van der Waals surface area contributed by atoms with Gasteiger partial charge in [0, 0.05) is 18.0 Å². The Morgan fingerprint density at radius 3 is 2.78 bits per heavy atom. The topological polar surface area (TPSA) is 69.0 Å². The van der Waals surface area contributed by atoms with E-state index in [-0.39, 0.29) is 0 Å². The van der Waals surface area contributed by atoms with Crippen LogP contribution in [0, 0.1) is 0 Å². The number of alkyl carbamates (subject to hydrolysis) is 1. The van der Waals surface area contributed by atoms with Gasteiger partial charge in [-0.15, -0.1) is 0 Å². The summed E-state index contributed by atoms with van der Waals surface area (Å²) in [4.78, 5) is 15.5. The lowest BCUT2D eigenvalue weighted by Gasteiger charge is -2.14. The van der Waals surface area contributed by atoms with Gasteiger partial charge in [-0.1, -0.05) is 12.8 Å². The maximum Gasteiger partial charge on any atom is 0.407 e. The summed E-state index contributed by atoms with van der Waals surface area (Å²) in [6.07, 6.45) is 7.98. The van der Waals surface area contributed by atoms with Crippen molar-refractivity contribution in [3.05, 3.63) is 36.3 Å². The van der Waals surface area contributed by atoms with Crippen molar-refractivity contribution in [1.29, 1.82) is 0 Å². The predicted octanol–water partition coefficient (Wildman–Crippen LogP) is 3.31. The van der Waals surface area contributed by atoms with E-state index in [1.165, 1.54) is 12.8 Å². The number of rotatable bonds is 5. The number of aromatic nitrogens is 3. The number of nitrogens with one attached hydrogen (secondary N) is 1. The van der Waals surface area contributed by atoms with Crippen LogP contribution < -0.4 is 5.32 Å². The van der Waals surface area contributed by atoms with Gasteiger partial charge in [-0.3, -0.25) is 9.67 Å². The van der Waals surface area contributed by atoms with Crippen LogP contribution in [0.25, 0.3) is 11.3 Å². The first-order chi connectivity index (χ1) is 11.3. The average Bonchev–Trinajstić information content (AvgIpc) is 3.23. The summed E-state index contributed by atoms with van der Waals surface area (Å²) in [5.74, 6) is 0. The largest absolute Gasteiger partial charge is 0.450 e. The van der Waals surface area contributed by atoms with Crippen molar-refractivity contribution >= 4 is 6.09 Å². The van der Waals surface area contributed by atoms with E-state index in [0.29, 0.717) is 19.2 Å². The lowest BCUT2D eigenvalue weighted by Crippen LogP contribution is -2.24. The molecule has 0 bridgehead atoms. The highest BCUT2D eigenvalue weighted by atomic mass is 16.5. The van der Waals surface area contributed by atoms with E-state index in [0.717, 1.165) is 29.8 Å². The van der Waals surface area contributed by atoms with E-state index in [1.807, 2.05) is 18.2 Å². The molecule has 1 amide bonds. The van der Waals surface area contributed by atoms with Crippen LogP contribution in [0.2, 0.25) is 0 Å². The zero-order valence-electron chi connectivity index (χ0n) is 13.4. The second-order valence-corrected chi connectivity index (χ2v) is 5.71. The van der Waals surface area contributed by atoms with Crippen LogP contribution in [0.5, 0.6) is 0 Å². The fourth-order valence-electron chi connectivity index (χ4n) is 3.04. The second-order valence-electron chi connectivity index (χ2n) is 5.71. The van der Waals surface area contributed by atoms with Gasteiger partial charge in [0.2, 0.25) is 0 Å². The van der Waals surface area contributed by atoms with E-state index < -0.39 is 6.09 Å². The van der Waals surface area contributed by atoms with Gasteiger partial charge in [-0.25, -0.2) is 4.79 Å². The number of pyridine rings is 1. The predicted molar refractivity (Wildman–Crippen MR) is 86.8 cm³/mol. The van der Waals surface area contributed by atoms with Crippen molar-refractivity contribution in [2.45, 2.75) is 45.2 Å². The Hall–Kier alpha value is -2.37. The van der Waals surface area contributed by atoms with Crippen LogP contribution in [0.4, 0.5) is 4.79 Å². The molecule has 0 saturated heterocycles. The summed E-state index contributed by atoms with van der Waals surface area (Å²) in [5, 5.41) is 7.46. The number of hydrogen-bond donors (Lipinski definition) is 1. The molecule has 1 saturated carbocycles. The Labute approximate surface area is 135 Å². The van der Waals surface area contributed by atoms with Crippen LogP contribution in [0.3, 0.4) is 0 Å². The van der Waals surface area contributed by atoms with Crippen LogP contribution in [0.15, 0.2) is 30.6 Å². The van der Waals surface area contributed by atoms with Crippen molar-refractivity contribution in [3.8, 4) is 11.3 Å². The molecule has 6 nitrogen and oxygen atoms in total. The minimum Gasteiger partial charge on any atom is -0.450 e. The SMILES string of the molecule is CCOC(=O)NCc1cc(-c2ccncc2)n(C2CCCC2)n1. The Kier molecular flexibility index (Phi) is 4.90. The molecule has 2 heterocycles. The number of carbonyl (C=O) groups is 1. The van der Waals surface area contributed by atoms with Crippen LogP contribution >= 0.6 is 0 Å². The molecule has 0 radical (unpaired) electrons. The molecule has 3 rings (SSSR count). The Morgan fingerprint density at radius 2 is 2.09 bits per heavy atom. The Balaban J connectivity index is 1.83. The lowest BCUT2D eigenvalue weighted by molar-refractivity contribution is 0.151. The fraction of sp³-hybridized carbons (Fsp3) is 0.471. The van der Waals surface area contributed by atoms with Gasteiger partial charge in [-0.2, -0.15) is 5.10 Å². The first-order valence-electron chi connectivity index (χ1n) is 8.17. The van der Waals surface area contributed by atoms with E-state index in [2.05, 4.69) is 15.0 Å². The monoisotopic (exact) mass is 314 g/mol. The number of ether oxygens (including phenoxy) is 1. The summed E-state index contributed by atoms with van der Waals surface area (Å²) < 4.78 is 7.01. The number of carbonyl (C=O) groups excluding carboxylic acids is 1. The summed E-state index contributed by atoms with van der Waals surface area (Å²) in [7, 11) is 0. The third-order valence-corrected chi connectivity index (χ3v) is 4.12. The van der Waals surface area contributed by atoms with E-state index in [4.69, 9.17) is 9.84 Å². The molecule has 122 valence electrons. The van der Waals surface area contributed by atoms with Crippen LogP contribution in [-0.2, 0) is 11.3 Å². The van der Waals surface area contributed by atoms with Gasteiger partial charge in [0.05, 0.1) is 30.6 Å². The first kappa shape index (κ1) is 15.5. The molecule has 0 aliphatic heterocycles.